The van der Waals surface area contributed by atoms with Crippen LogP contribution in [0, 0.1) is 6.92 Å². The average molecular weight is 229 g/mol. The average Bonchev–Trinajstić information content (AvgIpc) is 2.66. The van der Waals surface area contributed by atoms with Gasteiger partial charge in [0.25, 0.3) is 0 Å². The Labute approximate surface area is 102 Å². The largest absolute Gasteiger partial charge is 0.302 e. The van der Waals surface area contributed by atoms with Gasteiger partial charge in [-0.2, -0.15) is 0 Å². The molecule has 2 aromatic rings. The summed E-state index contributed by atoms with van der Waals surface area (Å²) in [7, 11) is 0. The Bertz CT molecular complexity index is 554. The molecule has 0 saturated heterocycles. The molecule has 90 valence electrons. The molecular formula is C14H19N3. The van der Waals surface area contributed by atoms with Gasteiger partial charge in [-0.15, -0.1) is 0 Å². The highest BCUT2D eigenvalue weighted by molar-refractivity contribution is 5.45. The highest BCUT2D eigenvalue weighted by Crippen LogP contribution is 2.22. The monoisotopic (exact) mass is 229 g/mol. The molecule has 1 aliphatic rings. The minimum atomic E-state index is 0.610. The van der Waals surface area contributed by atoms with Gasteiger partial charge in [-0.3, -0.25) is 4.90 Å². The van der Waals surface area contributed by atoms with Crippen molar-refractivity contribution in [2.75, 3.05) is 6.54 Å². The van der Waals surface area contributed by atoms with Gasteiger partial charge >= 0.3 is 0 Å². The van der Waals surface area contributed by atoms with E-state index in [1.54, 1.807) is 0 Å². The van der Waals surface area contributed by atoms with Crippen molar-refractivity contribution in [1.82, 2.24) is 14.3 Å². The highest BCUT2D eigenvalue weighted by atomic mass is 15.2. The summed E-state index contributed by atoms with van der Waals surface area (Å²) in [6.07, 6.45) is 3.28. The first-order valence-electron chi connectivity index (χ1n) is 6.35. The van der Waals surface area contributed by atoms with E-state index in [1.165, 1.54) is 17.0 Å². The third-order valence-corrected chi connectivity index (χ3v) is 3.67. The molecule has 3 heterocycles. The first kappa shape index (κ1) is 10.8. The highest BCUT2D eigenvalue weighted by Gasteiger charge is 2.22. The van der Waals surface area contributed by atoms with E-state index >= 15 is 0 Å². The quantitative estimate of drug-likeness (QED) is 0.748. The zero-order valence-corrected chi connectivity index (χ0v) is 10.8. The molecule has 0 N–H and O–H groups in total. The zero-order valence-electron chi connectivity index (χ0n) is 10.8. The Morgan fingerprint density at radius 2 is 2.12 bits per heavy atom. The van der Waals surface area contributed by atoms with Crippen LogP contribution in [0.1, 0.15) is 30.8 Å². The molecule has 2 aromatic heterocycles. The van der Waals surface area contributed by atoms with Crippen LogP contribution in [0.15, 0.2) is 18.3 Å². The molecule has 0 fully saturated rings. The van der Waals surface area contributed by atoms with E-state index in [9.17, 15) is 0 Å². The van der Waals surface area contributed by atoms with Crippen LogP contribution in [0.25, 0.3) is 5.65 Å². The molecular weight excluding hydrogens is 210 g/mol. The van der Waals surface area contributed by atoms with Crippen LogP contribution in [0.4, 0.5) is 0 Å². The normalized spacial score (nSPS) is 16.7. The van der Waals surface area contributed by atoms with Gasteiger partial charge in [-0.25, -0.2) is 4.98 Å². The summed E-state index contributed by atoms with van der Waals surface area (Å²) in [5.74, 6) is 0. The predicted octanol–water partition coefficient (Wildman–Crippen LogP) is 2.41. The summed E-state index contributed by atoms with van der Waals surface area (Å²) in [4.78, 5) is 7.24. The summed E-state index contributed by atoms with van der Waals surface area (Å²) >= 11 is 0. The summed E-state index contributed by atoms with van der Waals surface area (Å²) in [5, 5.41) is 0. The topological polar surface area (TPSA) is 20.5 Å². The van der Waals surface area contributed by atoms with Crippen molar-refractivity contribution in [2.24, 2.45) is 0 Å². The van der Waals surface area contributed by atoms with Gasteiger partial charge in [-0.05, 0) is 32.4 Å². The Morgan fingerprint density at radius 1 is 1.29 bits per heavy atom. The summed E-state index contributed by atoms with van der Waals surface area (Å²) in [6, 6.07) is 4.86. The van der Waals surface area contributed by atoms with Crippen LogP contribution in [-0.2, 0) is 13.0 Å². The number of aromatic nitrogens is 2. The van der Waals surface area contributed by atoms with E-state index in [-0.39, 0.29) is 0 Å². The molecule has 0 saturated carbocycles. The maximum Gasteiger partial charge on any atom is 0.137 e. The molecule has 0 aliphatic carbocycles. The zero-order chi connectivity index (χ0) is 12.0. The maximum absolute atomic E-state index is 4.72. The standard InChI is InChI=1S/C14H19N3/c1-10(2)16-7-6-12-13(9-16)17-8-11(3)4-5-14(17)15-12/h4-5,8,10H,6-7,9H2,1-3H3. The first-order valence-corrected chi connectivity index (χ1v) is 6.35. The molecule has 3 nitrogen and oxygen atoms in total. The fourth-order valence-corrected chi connectivity index (χ4v) is 2.58. The van der Waals surface area contributed by atoms with E-state index in [2.05, 4.69) is 48.4 Å². The van der Waals surface area contributed by atoms with Crippen molar-refractivity contribution in [3.05, 3.63) is 35.3 Å². The lowest BCUT2D eigenvalue weighted by molar-refractivity contribution is 0.199. The molecule has 0 aromatic carbocycles. The van der Waals surface area contributed by atoms with Crippen molar-refractivity contribution in [2.45, 2.75) is 39.8 Å². The van der Waals surface area contributed by atoms with Crippen LogP contribution in [0.2, 0.25) is 0 Å². The number of pyridine rings is 1. The van der Waals surface area contributed by atoms with E-state index in [1.807, 2.05) is 0 Å². The second-order valence-electron chi connectivity index (χ2n) is 5.25. The van der Waals surface area contributed by atoms with Gasteiger partial charge < -0.3 is 4.40 Å². The first-order chi connectivity index (χ1) is 8.15. The van der Waals surface area contributed by atoms with Crippen LogP contribution in [0.5, 0.6) is 0 Å². The molecule has 3 rings (SSSR count). The minimum absolute atomic E-state index is 0.610. The lowest BCUT2D eigenvalue weighted by Crippen LogP contribution is -2.36. The second-order valence-corrected chi connectivity index (χ2v) is 5.25. The molecule has 0 amide bonds. The van der Waals surface area contributed by atoms with Crippen LogP contribution in [-0.4, -0.2) is 26.9 Å². The lowest BCUT2D eigenvalue weighted by atomic mass is 10.1. The van der Waals surface area contributed by atoms with Crippen LogP contribution in [0.3, 0.4) is 0 Å². The summed E-state index contributed by atoms with van der Waals surface area (Å²) in [5.41, 5.74) is 5.04. The maximum atomic E-state index is 4.72. The van der Waals surface area contributed by atoms with Crippen molar-refractivity contribution in [3.8, 4) is 0 Å². The summed E-state index contributed by atoms with van der Waals surface area (Å²) < 4.78 is 2.26. The van der Waals surface area contributed by atoms with Crippen molar-refractivity contribution in [3.63, 3.8) is 0 Å². The second kappa shape index (κ2) is 3.84. The molecule has 3 heteroatoms. The molecule has 0 radical (unpaired) electrons. The van der Waals surface area contributed by atoms with Gasteiger partial charge in [0.1, 0.15) is 5.65 Å². The Morgan fingerprint density at radius 3 is 2.88 bits per heavy atom. The molecule has 0 unspecified atom stereocenters. The van der Waals surface area contributed by atoms with E-state index in [4.69, 9.17) is 4.98 Å². The SMILES string of the molecule is Cc1ccc2nc3c(n2c1)CN(C(C)C)CC3. The number of nitrogens with zero attached hydrogens (tertiary/aromatic N) is 3. The van der Waals surface area contributed by atoms with Gasteiger partial charge in [0.15, 0.2) is 0 Å². The lowest BCUT2D eigenvalue weighted by Gasteiger charge is -2.29. The smallest absolute Gasteiger partial charge is 0.137 e. The molecule has 0 bridgehead atoms. The Hall–Kier alpha value is -1.35. The Balaban J connectivity index is 2.10. The summed E-state index contributed by atoms with van der Waals surface area (Å²) in [6.45, 7) is 8.82. The van der Waals surface area contributed by atoms with Crippen molar-refractivity contribution in [1.29, 1.82) is 0 Å². The Kier molecular flexibility index (Phi) is 2.44. The number of hydrogen-bond acceptors (Lipinski definition) is 2. The number of rotatable bonds is 1. The fraction of sp³-hybridized carbons (Fsp3) is 0.500. The van der Waals surface area contributed by atoms with E-state index in [0.29, 0.717) is 6.04 Å². The van der Waals surface area contributed by atoms with E-state index in [0.717, 1.165) is 25.2 Å². The fourth-order valence-electron chi connectivity index (χ4n) is 2.58. The third kappa shape index (κ3) is 1.75. The number of hydrogen-bond donors (Lipinski definition) is 0. The minimum Gasteiger partial charge on any atom is -0.302 e. The molecule has 0 atom stereocenters. The number of aryl methyl sites for hydroxylation is 1. The van der Waals surface area contributed by atoms with Crippen LogP contribution >= 0.6 is 0 Å². The van der Waals surface area contributed by atoms with Crippen molar-refractivity contribution >= 4 is 5.65 Å². The molecule has 0 spiro atoms. The molecule has 1 aliphatic heterocycles. The predicted molar refractivity (Wildman–Crippen MR) is 69.2 cm³/mol. The van der Waals surface area contributed by atoms with Gasteiger partial charge in [0.2, 0.25) is 0 Å². The van der Waals surface area contributed by atoms with E-state index < -0.39 is 0 Å². The van der Waals surface area contributed by atoms with Crippen LogP contribution < -0.4 is 0 Å². The van der Waals surface area contributed by atoms with Crippen molar-refractivity contribution < 1.29 is 0 Å². The number of imidazole rings is 1. The third-order valence-electron chi connectivity index (χ3n) is 3.67. The van der Waals surface area contributed by atoms with Gasteiger partial charge in [-0.1, -0.05) is 6.07 Å². The number of fused-ring (bicyclic) bond motifs is 3. The van der Waals surface area contributed by atoms with Gasteiger partial charge in [0.05, 0.1) is 11.4 Å². The molecule has 17 heavy (non-hydrogen) atoms. The van der Waals surface area contributed by atoms with Gasteiger partial charge in [0, 0.05) is 31.7 Å².